The second-order valence-electron chi connectivity index (χ2n) is 9.44. The minimum Gasteiger partial charge on any atom is -0.475 e. The molecule has 12 heteroatoms. The van der Waals surface area contributed by atoms with E-state index in [1.807, 2.05) is 48.5 Å². The van der Waals surface area contributed by atoms with Gasteiger partial charge in [-0.3, -0.25) is 14.5 Å². The summed E-state index contributed by atoms with van der Waals surface area (Å²) in [5.74, 6) is -2.76. The van der Waals surface area contributed by atoms with Gasteiger partial charge >= 0.3 is 12.1 Å². The maximum absolute atomic E-state index is 13.0. The number of halogens is 4. The topological polar surface area (TPSA) is 105 Å². The number of amides is 1. The predicted octanol–water partition coefficient (Wildman–Crippen LogP) is 5.29. The first kappa shape index (κ1) is 33.8. The van der Waals surface area contributed by atoms with Crippen molar-refractivity contribution in [2.75, 3.05) is 19.6 Å². The van der Waals surface area contributed by atoms with Gasteiger partial charge < -0.3 is 10.4 Å². The van der Waals surface area contributed by atoms with E-state index in [4.69, 9.17) is 26.6 Å². The van der Waals surface area contributed by atoms with Crippen molar-refractivity contribution < 1.29 is 27.9 Å². The molecule has 1 aliphatic rings. The molecule has 0 bridgehead atoms. The number of likely N-dealkylation sites (tertiary alicyclic amines) is 1. The van der Waals surface area contributed by atoms with Gasteiger partial charge in [-0.2, -0.15) is 18.3 Å². The first-order chi connectivity index (χ1) is 19.5. The largest absolute Gasteiger partial charge is 0.490 e. The Morgan fingerprint density at radius 2 is 1.78 bits per heavy atom. The number of likely N-dealkylation sites (N-methyl/N-ethyl adjacent to an activating group) is 1. The van der Waals surface area contributed by atoms with Gasteiger partial charge in [0.15, 0.2) is 0 Å². The lowest BCUT2D eigenvalue weighted by atomic mass is 10.0. The Morgan fingerprint density at radius 1 is 1.15 bits per heavy atom. The third-order valence-corrected chi connectivity index (χ3v) is 6.77. The molecule has 1 unspecified atom stereocenters. The number of carboxylic acids is 1. The molecule has 2 aromatic carbocycles. The lowest BCUT2D eigenvalue weighted by Crippen LogP contribution is -2.37. The van der Waals surface area contributed by atoms with Crippen LogP contribution in [0.15, 0.2) is 53.3 Å². The van der Waals surface area contributed by atoms with Crippen LogP contribution in [0.5, 0.6) is 0 Å². The van der Waals surface area contributed by atoms with Crippen molar-refractivity contribution in [2.45, 2.75) is 64.7 Å². The number of hydrogen-bond acceptors (Lipinski definition) is 5. The van der Waals surface area contributed by atoms with Crippen LogP contribution in [-0.2, 0) is 22.6 Å². The number of fused-ring (bicyclic) bond motifs is 1. The summed E-state index contributed by atoms with van der Waals surface area (Å²) >= 11 is 6.01. The minimum absolute atomic E-state index is 0.00779. The second-order valence-corrected chi connectivity index (χ2v) is 9.87. The lowest BCUT2D eigenvalue weighted by Gasteiger charge is -2.23. The summed E-state index contributed by atoms with van der Waals surface area (Å²) in [5, 5.41) is 16.9. The summed E-state index contributed by atoms with van der Waals surface area (Å²) in [5.41, 5.74) is 2.08. The molecule has 8 nitrogen and oxygen atoms in total. The zero-order chi connectivity index (χ0) is 30.4. The van der Waals surface area contributed by atoms with Crippen LogP contribution in [0.3, 0.4) is 0 Å². The van der Waals surface area contributed by atoms with E-state index in [0.29, 0.717) is 19.0 Å². The number of aliphatic carboxylic acids is 1. The summed E-state index contributed by atoms with van der Waals surface area (Å²) in [6, 6.07) is 16.0. The number of aromatic nitrogens is 2. The van der Waals surface area contributed by atoms with E-state index in [-0.39, 0.29) is 5.56 Å². The zero-order valence-electron chi connectivity index (χ0n) is 23.2. The van der Waals surface area contributed by atoms with Crippen molar-refractivity contribution in [1.29, 1.82) is 0 Å². The molecular weight excluding hydrogens is 561 g/mol. The van der Waals surface area contributed by atoms with Crippen LogP contribution < -0.4 is 10.9 Å². The summed E-state index contributed by atoms with van der Waals surface area (Å²) < 4.78 is 33.4. The van der Waals surface area contributed by atoms with Crippen molar-refractivity contribution >= 4 is 34.8 Å². The van der Waals surface area contributed by atoms with Crippen LogP contribution in [0.2, 0.25) is 5.02 Å². The van der Waals surface area contributed by atoms with E-state index in [9.17, 15) is 22.8 Å². The Morgan fingerprint density at radius 3 is 2.34 bits per heavy atom. The van der Waals surface area contributed by atoms with E-state index < -0.39 is 12.1 Å². The fraction of sp³-hybridized carbons (Fsp3) is 0.448. The number of unbranched alkanes of at least 4 members (excludes halogenated alkanes) is 1. The van der Waals surface area contributed by atoms with Crippen molar-refractivity contribution in [2.24, 2.45) is 0 Å². The van der Waals surface area contributed by atoms with Crippen LogP contribution in [0.1, 0.15) is 50.8 Å². The summed E-state index contributed by atoms with van der Waals surface area (Å²) in [6.07, 6.45) is 0.870. The first-order valence-electron chi connectivity index (χ1n) is 13.5. The van der Waals surface area contributed by atoms with Crippen LogP contribution in [0.4, 0.5) is 13.2 Å². The molecule has 2 N–H and O–H groups in total. The normalized spacial score (nSPS) is 14.9. The molecule has 1 amide bonds. The molecule has 0 aliphatic carbocycles. The molecule has 1 saturated heterocycles. The summed E-state index contributed by atoms with van der Waals surface area (Å²) in [4.78, 5) is 33.9. The van der Waals surface area contributed by atoms with Crippen molar-refractivity contribution in [3.05, 3.63) is 75.2 Å². The Hall–Kier alpha value is -3.44. The lowest BCUT2D eigenvalue weighted by molar-refractivity contribution is -0.192. The van der Waals surface area contributed by atoms with Gasteiger partial charge in [-0.25, -0.2) is 9.48 Å². The number of rotatable bonds is 9. The quantitative estimate of drug-likeness (QED) is 0.257. The number of hydrogen-bond donors (Lipinski definition) is 2. The number of alkyl halides is 3. The highest BCUT2D eigenvalue weighted by Gasteiger charge is 2.38. The molecule has 41 heavy (non-hydrogen) atoms. The van der Waals surface area contributed by atoms with Crippen LogP contribution in [-0.4, -0.2) is 64.0 Å². The third kappa shape index (κ3) is 10.8. The average molecular weight is 597 g/mol. The Kier molecular flexibility index (Phi) is 13.8. The van der Waals surface area contributed by atoms with Gasteiger partial charge in [0.25, 0.3) is 5.56 Å². The van der Waals surface area contributed by atoms with Gasteiger partial charge in [-0.1, -0.05) is 62.2 Å². The van der Waals surface area contributed by atoms with Crippen LogP contribution >= 0.6 is 11.6 Å². The Bertz CT molecular complexity index is 1320. The molecule has 0 saturated carbocycles. The monoisotopic (exact) mass is 596 g/mol. The molecule has 1 aromatic heterocycles. The van der Waals surface area contributed by atoms with Gasteiger partial charge in [-0.05, 0) is 56.1 Å². The molecule has 2 heterocycles. The SMILES string of the molecule is CCCCNC=O.CCN1CCCC1Cn1nc(Cc2ccc(Cl)cc2)c2ccccc2c1=O.O=C(O)C(F)(F)F. The minimum atomic E-state index is -5.08. The highest BCUT2D eigenvalue weighted by Crippen LogP contribution is 2.21. The third-order valence-electron chi connectivity index (χ3n) is 6.52. The van der Waals surface area contributed by atoms with E-state index in [2.05, 4.69) is 24.1 Å². The van der Waals surface area contributed by atoms with Gasteiger partial charge in [0.05, 0.1) is 17.6 Å². The molecule has 1 atom stereocenters. The molecule has 0 radical (unpaired) electrons. The van der Waals surface area contributed by atoms with Crippen LogP contribution in [0.25, 0.3) is 10.8 Å². The van der Waals surface area contributed by atoms with Crippen molar-refractivity contribution in [3.8, 4) is 0 Å². The molecular formula is C29H36ClF3N4O4. The first-order valence-corrected chi connectivity index (χ1v) is 13.8. The number of carbonyl (C=O) groups excluding carboxylic acids is 1. The van der Waals surface area contributed by atoms with Gasteiger partial charge in [-0.15, -0.1) is 0 Å². The molecule has 0 spiro atoms. The fourth-order valence-electron chi connectivity index (χ4n) is 4.41. The van der Waals surface area contributed by atoms with Crippen LogP contribution in [0, 0.1) is 0 Å². The smallest absolute Gasteiger partial charge is 0.475 e. The standard InChI is InChI=1S/C22H24ClN3O.C5H11NO.C2HF3O2/c1-2-25-13-5-6-18(25)15-26-22(27)20-8-4-3-7-19(20)21(24-26)14-16-9-11-17(23)12-10-16;1-2-3-4-6-5-7;3-2(4,5)1(6)7/h3-4,7-12,18H,2,5-6,13-15H2,1H3;5H,2-4H2,1H3,(H,6,7);(H,6,7). The predicted molar refractivity (Wildman–Crippen MR) is 153 cm³/mol. The molecule has 1 fully saturated rings. The number of nitrogens with zero attached hydrogens (tertiary/aromatic N) is 3. The maximum atomic E-state index is 13.0. The van der Waals surface area contributed by atoms with E-state index in [0.717, 1.165) is 72.4 Å². The summed E-state index contributed by atoms with van der Waals surface area (Å²) in [6.45, 7) is 7.88. The van der Waals surface area contributed by atoms with Gasteiger partial charge in [0.2, 0.25) is 6.41 Å². The number of carboxylic acid groups (broad SMARTS) is 1. The van der Waals surface area contributed by atoms with E-state index in [1.165, 1.54) is 6.42 Å². The maximum Gasteiger partial charge on any atom is 0.490 e. The Balaban J connectivity index is 0.000000349. The molecule has 224 valence electrons. The van der Waals surface area contributed by atoms with Gasteiger partial charge in [0, 0.05) is 29.4 Å². The van der Waals surface area contributed by atoms with Crippen molar-refractivity contribution in [1.82, 2.24) is 20.0 Å². The highest BCUT2D eigenvalue weighted by atomic mass is 35.5. The molecule has 3 aromatic rings. The van der Waals surface area contributed by atoms with E-state index >= 15 is 0 Å². The zero-order valence-corrected chi connectivity index (χ0v) is 23.9. The number of benzene rings is 2. The highest BCUT2D eigenvalue weighted by molar-refractivity contribution is 6.30. The molecule has 1 aliphatic heterocycles. The van der Waals surface area contributed by atoms with Crippen molar-refractivity contribution in [3.63, 3.8) is 0 Å². The average Bonchev–Trinajstić information content (AvgIpc) is 3.40. The Labute approximate surface area is 242 Å². The molecule has 4 rings (SSSR count). The van der Waals surface area contributed by atoms with E-state index in [1.54, 1.807) is 4.68 Å². The number of carbonyl (C=O) groups is 2. The summed E-state index contributed by atoms with van der Waals surface area (Å²) in [7, 11) is 0. The number of nitrogens with one attached hydrogen (secondary N) is 1. The second kappa shape index (κ2) is 16.7. The van der Waals surface area contributed by atoms with Gasteiger partial charge in [0.1, 0.15) is 0 Å². The fourth-order valence-corrected chi connectivity index (χ4v) is 4.54.